The number of aromatic nitrogens is 2. The van der Waals surface area contributed by atoms with Crippen molar-refractivity contribution in [3.05, 3.63) is 48.3 Å². The van der Waals surface area contributed by atoms with E-state index in [0.29, 0.717) is 6.54 Å². The van der Waals surface area contributed by atoms with Crippen molar-refractivity contribution in [3.63, 3.8) is 0 Å². The zero-order chi connectivity index (χ0) is 16.2. The zero-order valence-electron chi connectivity index (χ0n) is 12.7. The van der Waals surface area contributed by atoms with E-state index in [-0.39, 0.29) is 17.6 Å². The first kappa shape index (κ1) is 15.4. The molecule has 2 aromatic rings. The van der Waals surface area contributed by atoms with E-state index in [1.165, 1.54) is 6.20 Å². The average Bonchev–Trinajstić information content (AvgIpc) is 3.22. The van der Waals surface area contributed by atoms with Gasteiger partial charge in [0, 0.05) is 18.7 Å². The Morgan fingerprint density at radius 3 is 2.74 bits per heavy atom. The van der Waals surface area contributed by atoms with Crippen LogP contribution in [0.4, 0.5) is 0 Å². The summed E-state index contributed by atoms with van der Waals surface area (Å²) < 4.78 is 1.56. The van der Waals surface area contributed by atoms with Gasteiger partial charge in [0.15, 0.2) is 0 Å². The van der Waals surface area contributed by atoms with Gasteiger partial charge in [-0.25, -0.2) is 4.68 Å². The molecule has 1 aromatic carbocycles. The van der Waals surface area contributed by atoms with Gasteiger partial charge in [0.2, 0.25) is 0 Å². The lowest BCUT2D eigenvalue weighted by molar-refractivity contribution is -0.117. The normalized spacial score (nSPS) is 20.4. The number of carbonyl (C=O) groups is 2. The summed E-state index contributed by atoms with van der Waals surface area (Å²) in [6, 6.07) is 9.37. The van der Waals surface area contributed by atoms with Crippen LogP contribution in [0, 0.1) is 5.92 Å². The number of para-hydroxylation sites is 1. The summed E-state index contributed by atoms with van der Waals surface area (Å²) in [6.45, 7) is 0.332. The van der Waals surface area contributed by atoms with E-state index in [0.717, 1.165) is 24.9 Å². The number of nitrogens with zero attached hydrogens (tertiary/aromatic N) is 2. The number of rotatable bonds is 5. The number of benzene rings is 1. The van der Waals surface area contributed by atoms with Crippen molar-refractivity contribution in [2.75, 3.05) is 6.54 Å². The van der Waals surface area contributed by atoms with Gasteiger partial charge in [0.05, 0.1) is 23.6 Å². The maximum atomic E-state index is 12.1. The minimum Gasteiger partial charge on any atom is -0.393 e. The first-order valence-corrected chi connectivity index (χ1v) is 7.76. The topological polar surface area (TPSA) is 84.2 Å². The molecule has 120 valence electrons. The fourth-order valence-electron chi connectivity index (χ4n) is 2.85. The third-order valence-corrected chi connectivity index (χ3v) is 4.22. The van der Waals surface area contributed by atoms with Crippen molar-refractivity contribution >= 4 is 11.7 Å². The summed E-state index contributed by atoms with van der Waals surface area (Å²) in [5, 5.41) is 16.5. The van der Waals surface area contributed by atoms with Gasteiger partial charge in [-0.15, -0.1) is 0 Å². The maximum absolute atomic E-state index is 12.1. The first-order chi connectivity index (χ1) is 11.1. The number of hydrogen-bond donors (Lipinski definition) is 2. The highest BCUT2D eigenvalue weighted by molar-refractivity contribution is 6.42. The molecule has 2 N–H and O–H groups in total. The predicted molar refractivity (Wildman–Crippen MR) is 84.3 cm³/mol. The lowest BCUT2D eigenvalue weighted by atomic mass is 10.1. The molecule has 6 heteroatoms. The summed E-state index contributed by atoms with van der Waals surface area (Å²) >= 11 is 0. The molecule has 1 saturated carbocycles. The predicted octanol–water partition coefficient (Wildman–Crippen LogP) is 1.33. The second-order valence-electron chi connectivity index (χ2n) is 5.81. The van der Waals surface area contributed by atoms with Gasteiger partial charge < -0.3 is 10.4 Å². The van der Waals surface area contributed by atoms with Gasteiger partial charge in [-0.1, -0.05) is 24.6 Å². The lowest BCUT2D eigenvalue weighted by Gasteiger charge is -2.14. The zero-order valence-corrected chi connectivity index (χ0v) is 12.7. The molecular formula is C17H19N3O3. The molecule has 1 heterocycles. The Balaban J connectivity index is 1.61. The fourth-order valence-corrected chi connectivity index (χ4v) is 2.85. The van der Waals surface area contributed by atoms with Crippen LogP contribution in [0.1, 0.15) is 29.6 Å². The van der Waals surface area contributed by atoms with E-state index >= 15 is 0 Å². The Morgan fingerprint density at radius 2 is 2.04 bits per heavy atom. The van der Waals surface area contributed by atoms with Crippen LogP contribution in [0.25, 0.3) is 5.69 Å². The lowest BCUT2D eigenvalue weighted by Crippen LogP contribution is -2.36. The number of ketones is 1. The second-order valence-corrected chi connectivity index (χ2v) is 5.81. The van der Waals surface area contributed by atoms with Crippen LogP contribution in [-0.4, -0.2) is 39.2 Å². The van der Waals surface area contributed by atoms with E-state index in [1.807, 2.05) is 30.3 Å². The number of amides is 1. The van der Waals surface area contributed by atoms with Crippen molar-refractivity contribution in [1.29, 1.82) is 0 Å². The smallest absolute Gasteiger partial charge is 0.292 e. The van der Waals surface area contributed by atoms with Crippen molar-refractivity contribution < 1.29 is 14.7 Å². The number of nitrogens with one attached hydrogen (secondary N) is 1. The monoisotopic (exact) mass is 313 g/mol. The summed E-state index contributed by atoms with van der Waals surface area (Å²) in [5.74, 6) is -1.23. The van der Waals surface area contributed by atoms with E-state index in [1.54, 1.807) is 10.9 Å². The second kappa shape index (κ2) is 6.75. The molecule has 0 bridgehead atoms. The molecule has 1 aliphatic rings. The highest BCUT2D eigenvalue weighted by atomic mass is 16.3. The van der Waals surface area contributed by atoms with Crippen LogP contribution >= 0.6 is 0 Å². The summed E-state index contributed by atoms with van der Waals surface area (Å²) in [4.78, 5) is 24.1. The van der Waals surface area contributed by atoms with Crippen LogP contribution in [0.15, 0.2) is 42.7 Å². The van der Waals surface area contributed by atoms with E-state index in [4.69, 9.17) is 0 Å². The van der Waals surface area contributed by atoms with Crippen LogP contribution in [0.2, 0.25) is 0 Å². The molecular weight excluding hydrogens is 294 g/mol. The number of aliphatic hydroxyl groups is 1. The van der Waals surface area contributed by atoms with Crippen LogP contribution in [0.5, 0.6) is 0 Å². The highest BCUT2D eigenvalue weighted by Crippen LogP contribution is 2.24. The van der Waals surface area contributed by atoms with Crippen molar-refractivity contribution in [3.8, 4) is 5.69 Å². The molecule has 2 atom stereocenters. The Hall–Kier alpha value is -2.47. The number of hydrogen-bond acceptors (Lipinski definition) is 4. The molecule has 23 heavy (non-hydrogen) atoms. The van der Waals surface area contributed by atoms with Crippen LogP contribution < -0.4 is 5.32 Å². The van der Waals surface area contributed by atoms with E-state index < -0.39 is 11.7 Å². The molecule has 6 nitrogen and oxygen atoms in total. The Bertz CT molecular complexity index is 696. The number of aliphatic hydroxyl groups excluding tert-OH is 1. The van der Waals surface area contributed by atoms with E-state index in [2.05, 4.69) is 10.4 Å². The fraction of sp³-hybridized carbons (Fsp3) is 0.353. The maximum Gasteiger partial charge on any atom is 0.292 e. The van der Waals surface area contributed by atoms with Gasteiger partial charge in [-0.2, -0.15) is 5.10 Å². The molecule has 1 aromatic heterocycles. The molecule has 1 fully saturated rings. The third-order valence-electron chi connectivity index (χ3n) is 4.22. The Morgan fingerprint density at radius 1 is 1.26 bits per heavy atom. The Kier molecular flexibility index (Phi) is 4.52. The number of Topliss-reactive ketones (excluding diaryl/α,β-unsaturated/α-hetero) is 1. The SMILES string of the molecule is O=C(NCC1CCCC1O)C(=O)c1cnn(-c2ccccc2)c1. The summed E-state index contributed by atoms with van der Waals surface area (Å²) in [7, 11) is 0. The van der Waals surface area contributed by atoms with Gasteiger partial charge in [-0.05, 0) is 25.0 Å². The molecule has 0 radical (unpaired) electrons. The summed E-state index contributed by atoms with van der Waals surface area (Å²) in [5.41, 5.74) is 1.07. The average molecular weight is 313 g/mol. The van der Waals surface area contributed by atoms with Crippen LogP contribution in [0.3, 0.4) is 0 Å². The molecule has 0 saturated heterocycles. The molecule has 2 unspecified atom stereocenters. The largest absolute Gasteiger partial charge is 0.393 e. The van der Waals surface area contributed by atoms with E-state index in [9.17, 15) is 14.7 Å². The minimum atomic E-state index is -0.656. The van der Waals surface area contributed by atoms with Gasteiger partial charge in [0.1, 0.15) is 0 Å². The Labute approximate surface area is 134 Å². The van der Waals surface area contributed by atoms with Crippen LogP contribution in [-0.2, 0) is 4.79 Å². The quantitative estimate of drug-likeness (QED) is 0.644. The number of carbonyl (C=O) groups excluding carboxylic acids is 2. The standard InChI is InChI=1S/C17H19N3O3/c21-15-8-4-5-12(15)9-18-17(23)16(22)13-10-19-20(11-13)14-6-2-1-3-7-14/h1-3,6-7,10-12,15,21H,4-5,8-9H2,(H,18,23). The molecule has 0 aliphatic heterocycles. The molecule has 1 aliphatic carbocycles. The first-order valence-electron chi connectivity index (χ1n) is 7.76. The van der Waals surface area contributed by atoms with Crippen molar-refractivity contribution in [2.45, 2.75) is 25.4 Å². The molecule has 1 amide bonds. The highest BCUT2D eigenvalue weighted by Gasteiger charge is 2.26. The van der Waals surface area contributed by atoms with Gasteiger partial charge >= 0.3 is 0 Å². The summed E-state index contributed by atoms with van der Waals surface area (Å²) in [6.07, 6.45) is 5.15. The third kappa shape index (κ3) is 3.48. The van der Waals surface area contributed by atoms with Crippen molar-refractivity contribution in [1.82, 2.24) is 15.1 Å². The van der Waals surface area contributed by atoms with Gasteiger partial charge in [0.25, 0.3) is 11.7 Å². The van der Waals surface area contributed by atoms with Gasteiger partial charge in [-0.3, -0.25) is 9.59 Å². The molecule has 3 rings (SSSR count). The minimum absolute atomic E-state index is 0.0405. The molecule has 0 spiro atoms. The van der Waals surface area contributed by atoms with Crippen molar-refractivity contribution in [2.24, 2.45) is 5.92 Å².